The number of hydrogen-bond donors (Lipinski definition) is 6. The Kier molecular flexibility index (Phi) is 9.90. The van der Waals surface area contributed by atoms with Crippen molar-refractivity contribution in [3.8, 4) is 0 Å². The van der Waals surface area contributed by atoms with Crippen LogP contribution in [-0.2, 0) is 10.4 Å². The third kappa shape index (κ3) is 16.1. The third-order valence-electron chi connectivity index (χ3n) is 1.55. The van der Waals surface area contributed by atoms with E-state index in [1.807, 2.05) is 0 Å². The van der Waals surface area contributed by atoms with Gasteiger partial charge in [0.25, 0.3) is 0 Å². The summed E-state index contributed by atoms with van der Waals surface area (Å²) in [5.74, 6) is 0. The summed E-state index contributed by atoms with van der Waals surface area (Å²) in [6, 6.07) is 0. The predicted molar refractivity (Wildman–Crippen MR) is 52.1 cm³/mol. The Bertz CT molecular complexity index is 228. The molecule has 0 aromatic heterocycles. The van der Waals surface area contributed by atoms with Gasteiger partial charge in [0.2, 0.25) is 0 Å². The zero-order valence-corrected chi connectivity index (χ0v) is 9.41. The summed E-state index contributed by atoms with van der Waals surface area (Å²) in [6.07, 6.45) is 0. The van der Waals surface area contributed by atoms with Crippen LogP contribution in [0.3, 0.4) is 0 Å². The Morgan fingerprint density at radius 1 is 0.812 bits per heavy atom. The SMILES string of the molecule is O=S(=O)(O)O.OCC[N+](O)(CCO)CCO. The summed E-state index contributed by atoms with van der Waals surface area (Å²) in [4.78, 5) is 0. The quantitative estimate of drug-likeness (QED) is 0.175. The topological polar surface area (TPSA) is 156 Å². The fourth-order valence-corrected chi connectivity index (χ4v) is 0.894. The molecule has 0 aromatic carbocycles. The van der Waals surface area contributed by atoms with Crippen molar-refractivity contribution in [3.63, 3.8) is 0 Å². The minimum Gasteiger partial charge on any atom is -0.390 e. The number of aliphatic hydroxyl groups excluding tert-OH is 3. The first kappa shape index (κ1) is 18.0. The normalized spacial score (nSPS) is 11.9. The lowest BCUT2D eigenvalue weighted by Crippen LogP contribution is -2.50. The highest BCUT2D eigenvalue weighted by atomic mass is 32.3. The molecule has 0 aromatic rings. The summed E-state index contributed by atoms with van der Waals surface area (Å²) in [6.45, 7) is -0.0487. The molecule has 9 nitrogen and oxygen atoms in total. The molecule has 0 atom stereocenters. The minimum atomic E-state index is -4.67. The maximum absolute atomic E-state index is 9.47. The van der Waals surface area contributed by atoms with Crippen LogP contribution in [-0.4, -0.2) is 82.2 Å². The smallest absolute Gasteiger partial charge is 0.390 e. The van der Waals surface area contributed by atoms with Gasteiger partial charge in [-0.3, -0.25) is 9.11 Å². The molecule has 0 saturated heterocycles. The van der Waals surface area contributed by atoms with Crippen LogP contribution in [0.1, 0.15) is 0 Å². The van der Waals surface area contributed by atoms with Crippen LogP contribution in [0.15, 0.2) is 0 Å². The van der Waals surface area contributed by atoms with Gasteiger partial charge >= 0.3 is 10.4 Å². The van der Waals surface area contributed by atoms with E-state index >= 15 is 0 Å². The van der Waals surface area contributed by atoms with E-state index < -0.39 is 15.0 Å². The third-order valence-corrected chi connectivity index (χ3v) is 1.55. The molecule has 0 aliphatic carbocycles. The Morgan fingerprint density at radius 2 is 1.00 bits per heavy atom. The molecule has 0 aliphatic rings. The van der Waals surface area contributed by atoms with E-state index in [2.05, 4.69) is 0 Å². The van der Waals surface area contributed by atoms with Gasteiger partial charge in [-0.1, -0.05) is 0 Å². The number of aliphatic hydroxyl groups is 3. The zero-order chi connectivity index (χ0) is 13.2. The first-order valence-electron chi connectivity index (χ1n) is 4.30. The van der Waals surface area contributed by atoms with E-state index in [9.17, 15) is 5.21 Å². The standard InChI is InChI=1S/C6H16NO4.H2O4S/c8-4-1-7(11,2-5-9)3-6-10;1-5(2,3)4/h8-11H,1-6H2;(H2,1,2,3,4)/q+1;. The van der Waals surface area contributed by atoms with Gasteiger partial charge in [0.15, 0.2) is 0 Å². The highest BCUT2D eigenvalue weighted by molar-refractivity contribution is 7.79. The molecule has 0 fully saturated rings. The molecule has 0 aliphatic heterocycles. The number of hydroxylamine groups is 3. The molecule has 0 unspecified atom stereocenters. The van der Waals surface area contributed by atoms with E-state index in [4.69, 9.17) is 32.8 Å². The molecule has 0 saturated carbocycles. The summed E-state index contributed by atoms with van der Waals surface area (Å²) in [5.41, 5.74) is 0. The first-order valence-corrected chi connectivity index (χ1v) is 5.69. The van der Waals surface area contributed by atoms with Gasteiger partial charge in [-0.15, -0.1) is 0 Å². The molecule has 0 amide bonds. The molecule has 0 radical (unpaired) electrons. The highest BCUT2D eigenvalue weighted by Crippen LogP contribution is 1.98. The van der Waals surface area contributed by atoms with E-state index in [0.717, 1.165) is 0 Å². The molecule has 0 spiro atoms. The second kappa shape index (κ2) is 8.78. The van der Waals surface area contributed by atoms with E-state index in [1.165, 1.54) is 0 Å². The highest BCUT2D eigenvalue weighted by Gasteiger charge is 2.22. The van der Waals surface area contributed by atoms with Gasteiger partial charge < -0.3 is 15.3 Å². The van der Waals surface area contributed by atoms with Gasteiger partial charge in [-0.25, -0.2) is 5.21 Å². The first-order chi connectivity index (χ1) is 7.18. The second-order valence-electron chi connectivity index (χ2n) is 2.88. The Hall–Kier alpha value is -0.330. The summed E-state index contributed by atoms with van der Waals surface area (Å²) in [7, 11) is -4.67. The number of quaternary nitrogens is 1. The molecule has 0 rings (SSSR count). The molecule has 6 N–H and O–H groups in total. The van der Waals surface area contributed by atoms with Crippen LogP contribution in [0.4, 0.5) is 0 Å². The lowest BCUT2D eigenvalue weighted by Gasteiger charge is -2.27. The van der Waals surface area contributed by atoms with E-state index in [1.54, 1.807) is 0 Å². The van der Waals surface area contributed by atoms with Gasteiger partial charge in [0, 0.05) is 0 Å². The largest absolute Gasteiger partial charge is 0.394 e. The van der Waals surface area contributed by atoms with Crippen molar-refractivity contribution < 1.29 is 42.7 Å². The molecule has 10 heteroatoms. The van der Waals surface area contributed by atoms with Crippen molar-refractivity contribution in [1.82, 2.24) is 0 Å². The molecule has 16 heavy (non-hydrogen) atoms. The number of hydrogen-bond acceptors (Lipinski definition) is 6. The average Bonchev–Trinajstić information content (AvgIpc) is 2.01. The fourth-order valence-electron chi connectivity index (χ4n) is 0.894. The molecule has 0 bridgehead atoms. The van der Waals surface area contributed by atoms with Crippen molar-refractivity contribution >= 4 is 10.4 Å². The second-order valence-corrected chi connectivity index (χ2v) is 3.78. The van der Waals surface area contributed by atoms with Crippen LogP contribution in [0.2, 0.25) is 0 Å². The van der Waals surface area contributed by atoms with Crippen molar-refractivity contribution in [2.24, 2.45) is 0 Å². The summed E-state index contributed by atoms with van der Waals surface area (Å²) < 4.78 is 31.1. The molecular weight excluding hydrogens is 246 g/mol. The van der Waals surface area contributed by atoms with Crippen LogP contribution in [0.25, 0.3) is 0 Å². The Labute approximate surface area is 93.3 Å². The van der Waals surface area contributed by atoms with Crippen LogP contribution >= 0.6 is 0 Å². The maximum atomic E-state index is 9.47. The van der Waals surface area contributed by atoms with E-state index in [-0.39, 0.29) is 39.5 Å². The van der Waals surface area contributed by atoms with Crippen molar-refractivity contribution in [3.05, 3.63) is 0 Å². The lowest BCUT2D eigenvalue weighted by molar-refractivity contribution is -1.10. The average molecular weight is 264 g/mol. The molecule has 0 heterocycles. The molecular formula is C6H18NO8S+. The Morgan fingerprint density at radius 3 is 1.12 bits per heavy atom. The minimum absolute atomic E-state index is 0.140. The van der Waals surface area contributed by atoms with Crippen molar-refractivity contribution in [2.45, 2.75) is 0 Å². The van der Waals surface area contributed by atoms with Crippen molar-refractivity contribution in [2.75, 3.05) is 39.5 Å². The predicted octanol–water partition coefficient (Wildman–Crippen LogP) is -2.48. The van der Waals surface area contributed by atoms with Gasteiger partial charge in [0.05, 0.1) is 19.8 Å². The van der Waals surface area contributed by atoms with Crippen LogP contribution in [0, 0.1) is 0 Å². The van der Waals surface area contributed by atoms with Crippen LogP contribution < -0.4 is 0 Å². The number of nitrogens with zero attached hydrogens (tertiary/aromatic N) is 1. The maximum Gasteiger partial charge on any atom is 0.394 e. The van der Waals surface area contributed by atoms with Gasteiger partial charge in [-0.05, 0) is 0 Å². The molecule has 100 valence electrons. The zero-order valence-electron chi connectivity index (χ0n) is 8.60. The number of rotatable bonds is 6. The monoisotopic (exact) mass is 264 g/mol. The van der Waals surface area contributed by atoms with Crippen molar-refractivity contribution in [1.29, 1.82) is 0 Å². The van der Waals surface area contributed by atoms with E-state index in [0.29, 0.717) is 0 Å². The lowest BCUT2D eigenvalue weighted by atomic mass is 10.4. The Balaban J connectivity index is 0. The summed E-state index contributed by atoms with van der Waals surface area (Å²) >= 11 is 0. The van der Waals surface area contributed by atoms with Gasteiger partial charge in [-0.2, -0.15) is 13.1 Å². The van der Waals surface area contributed by atoms with Gasteiger partial charge in [0.1, 0.15) is 19.6 Å². The van der Waals surface area contributed by atoms with Crippen LogP contribution in [0.5, 0.6) is 0 Å². The fraction of sp³-hybridized carbons (Fsp3) is 1.00. The summed E-state index contributed by atoms with van der Waals surface area (Å²) in [5, 5.41) is 35.0.